The van der Waals surface area contributed by atoms with Gasteiger partial charge in [0.1, 0.15) is 0 Å². The summed E-state index contributed by atoms with van der Waals surface area (Å²) in [5.41, 5.74) is 1.06. The summed E-state index contributed by atoms with van der Waals surface area (Å²) in [5, 5.41) is 4.06. The largest absolute Gasteiger partial charge is 0.304 e. The molecule has 0 amide bonds. The lowest BCUT2D eigenvalue weighted by molar-refractivity contribution is 0.768. The summed E-state index contributed by atoms with van der Waals surface area (Å²) in [6.45, 7) is 0. The van der Waals surface area contributed by atoms with Crippen LogP contribution < -0.4 is 5.56 Å². The highest BCUT2D eigenvalue weighted by atomic mass is 16.1. The molecule has 3 heterocycles. The summed E-state index contributed by atoms with van der Waals surface area (Å²) < 4.78 is 1.65. The summed E-state index contributed by atoms with van der Waals surface area (Å²) >= 11 is 0. The number of aromatic nitrogens is 6. The van der Waals surface area contributed by atoms with E-state index in [2.05, 4.69) is 25.0 Å². The van der Waals surface area contributed by atoms with Gasteiger partial charge in [-0.15, -0.1) is 0 Å². The molecule has 94 valence electrons. The first-order valence-corrected chi connectivity index (χ1v) is 5.60. The van der Waals surface area contributed by atoms with Crippen molar-refractivity contribution in [1.82, 2.24) is 29.7 Å². The van der Waals surface area contributed by atoms with Gasteiger partial charge in [0.15, 0.2) is 11.6 Å². The Morgan fingerprint density at radius 3 is 2.74 bits per heavy atom. The first-order valence-electron chi connectivity index (χ1n) is 5.60. The fraction of sp³-hybridized carbons (Fsp3) is 0.0833. The van der Waals surface area contributed by atoms with Gasteiger partial charge in [-0.25, -0.2) is 15.0 Å². The lowest BCUT2D eigenvalue weighted by Crippen LogP contribution is -2.09. The van der Waals surface area contributed by atoms with Gasteiger partial charge >= 0.3 is 0 Å². The fourth-order valence-corrected chi connectivity index (χ4v) is 1.69. The summed E-state index contributed by atoms with van der Waals surface area (Å²) in [6.07, 6.45) is 6.63. The summed E-state index contributed by atoms with van der Waals surface area (Å²) in [5.74, 6) is 0.720. The van der Waals surface area contributed by atoms with Crippen molar-refractivity contribution < 1.29 is 0 Å². The van der Waals surface area contributed by atoms with Crippen LogP contribution in [0, 0.1) is 0 Å². The first kappa shape index (κ1) is 11.3. The highest BCUT2D eigenvalue weighted by Gasteiger charge is 2.08. The van der Waals surface area contributed by atoms with Gasteiger partial charge in [-0.2, -0.15) is 5.10 Å². The Kier molecular flexibility index (Phi) is 2.64. The Hall–Kier alpha value is -2.83. The molecule has 7 heteroatoms. The van der Waals surface area contributed by atoms with Crippen molar-refractivity contribution in [1.29, 1.82) is 0 Å². The van der Waals surface area contributed by atoms with E-state index >= 15 is 0 Å². The molecule has 0 atom stereocenters. The molecule has 0 unspecified atom stereocenters. The van der Waals surface area contributed by atoms with Gasteiger partial charge in [-0.1, -0.05) is 0 Å². The van der Waals surface area contributed by atoms with Crippen molar-refractivity contribution in [2.75, 3.05) is 0 Å². The minimum Gasteiger partial charge on any atom is -0.304 e. The maximum absolute atomic E-state index is 11.7. The predicted octanol–water partition coefficient (Wildman–Crippen LogP) is 0.627. The number of nitrogens with zero attached hydrogens (tertiary/aromatic N) is 5. The molecule has 0 aromatic carbocycles. The molecule has 0 spiro atoms. The van der Waals surface area contributed by atoms with E-state index in [1.807, 2.05) is 0 Å². The van der Waals surface area contributed by atoms with E-state index in [0.29, 0.717) is 17.3 Å². The second kappa shape index (κ2) is 4.45. The van der Waals surface area contributed by atoms with Crippen molar-refractivity contribution in [3.8, 4) is 22.9 Å². The molecule has 3 aromatic heterocycles. The van der Waals surface area contributed by atoms with E-state index < -0.39 is 0 Å². The third kappa shape index (κ3) is 2.25. The molecular weight excluding hydrogens is 244 g/mol. The van der Waals surface area contributed by atoms with Crippen molar-refractivity contribution in [2.24, 2.45) is 7.05 Å². The minimum absolute atomic E-state index is 0.253. The van der Waals surface area contributed by atoms with E-state index in [4.69, 9.17) is 0 Å². The zero-order valence-corrected chi connectivity index (χ0v) is 10.1. The molecule has 0 aliphatic rings. The Morgan fingerprint density at radius 2 is 2.05 bits per heavy atom. The van der Waals surface area contributed by atoms with Crippen molar-refractivity contribution >= 4 is 0 Å². The molecule has 0 bridgehead atoms. The number of rotatable bonds is 2. The summed E-state index contributed by atoms with van der Waals surface area (Å²) in [6, 6.07) is 3.12. The zero-order valence-electron chi connectivity index (χ0n) is 10.1. The van der Waals surface area contributed by atoms with Gasteiger partial charge < -0.3 is 4.98 Å². The molecule has 3 aromatic rings. The highest BCUT2D eigenvalue weighted by Crippen LogP contribution is 2.16. The van der Waals surface area contributed by atoms with Crippen LogP contribution in [0.4, 0.5) is 0 Å². The number of hydrogen-bond acceptors (Lipinski definition) is 5. The zero-order chi connectivity index (χ0) is 13.2. The summed E-state index contributed by atoms with van der Waals surface area (Å²) in [4.78, 5) is 26.8. The van der Waals surface area contributed by atoms with Gasteiger partial charge in [-0.05, 0) is 6.07 Å². The molecule has 0 radical (unpaired) electrons. The maximum atomic E-state index is 11.7. The second-order valence-corrected chi connectivity index (χ2v) is 3.95. The Balaban J connectivity index is 2.14. The second-order valence-electron chi connectivity index (χ2n) is 3.95. The Bertz CT molecular complexity index is 761. The topological polar surface area (TPSA) is 89.4 Å². The van der Waals surface area contributed by atoms with Crippen LogP contribution >= 0.6 is 0 Å². The smallest absolute Gasteiger partial charge is 0.251 e. The van der Waals surface area contributed by atoms with Crippen LogP contribution in [0.25, 0.3) is 22.9 Å². The maximum Gasteiger partial charge on any atom is 0.251 e. The standard InChI is InChI=1S/C12H10N6O/c1-18-7-8(6-15-18)9-5-10(19)17-12(16-9)11-13-3-2-4-14-11/h2-7H,1H3,(H,16,17,19). The van der Waals surface area contributed by atoms with Crippen molar-refractivity contribution in [2.45, 2.75) is 0 Å². The predicted molar refractivity (Wildman–Crippen MR) is 68.1 cm³/mol. The number of H-pyrrole nitrogens is 1. The quantitative estimate of drug-likeness (QED) is 0.724. The van der Waals surface area contributed by atoms with Crippen LogP contribution in [0.3, 0.4) is 0 Å². The lowest BCUT2D eigenvalue weighted by Gasteiger charge is -2.01. The third-order valence-electron chi connectivity index (χ3n) is 2.52. The van der Waals surface area contributed by atoms with E-state index in [1.165, 1.54) is 6.07 Å². The molecular formula is C12H10N6O. The molecule has 19 heavy (non-hydrogen) atoms. The van der Waals surface area contributed by atoms with Crippen LogP contribution in [-0.2, 0) is 7.05 Å². The molecule has 0 saturated carbocycles. The third-order valence-corrected chi connectivity index (χ3v) is 2.52. The van der Waals surface area contributed by atoms with Gasteiger partial charge in [0.25, 0.3) is 5.56 Å². The van der Waals surface area contributed by atoms with Gasteiger partial charge in [0.2, 0.25) is 0 Å². The highest BCUT2D eigenvalue weighted by molar-refractivity contribution is 5.59. The molecule has 0 aliphatic carbocycles. The lowest BCUT2D eigenvalue weighted by atomic mass is 10.2. The van der Waals surface area contributed by atoms with Gasteiger partial charge in [0, 0.05) is 37.3 Å². The number of aryl methyl sites for hydroxylation is 1. The van der Waals surface area contributed by atoms with Crippen LogP contribution in [0.5, 0.6) is 0 Å². The fourth-order valence-electron chi connectivity index (χ4n) is 1.69. The van der Waals surface area contributed by atoms with Gasteiger partial charge in [-0.3, -0.25) is 9.48 Å². The number of hydrogen-bond donors (Lipinski definition) is 1. The molecule has 0 saturated heterocycles. The molecule has 1 N–H and O–H groups in total. The minimum atomic E-state index is -0.253. The van der Waals surface area contributed by atoms with Crippen molar-refractivity contribution in [3.63, 3.8) is 0 Å². The Labute approximate surface area is 108 Å². The molecule has 7 nitrogen and oxygen atoms in total. The van der Waals surface area contributed by atoms with Gasteiger partial charge in [0.05, 0.1) is 11.9 Å². The van der Waals surface area contributed by atoms with E-state index in [0.717, 1.165) is 5.56 Å². The van der Waals surface area contributed by atoms with Crippen LogP contribution in [-0.4, -0.2) is 29.7 Å². The average molecular weight is 254 g/mol. The van der Waals surface area contributed by atoms with Crippen LogP contribution in [0.1, 0.15) is 0 Å². The van der Waals surface area contributed by atoms with E-state index in [9.17, 15) is 4.79 Å². The first-order chi connectivity index (χ1) is 9.22. The van der Waals surface area contributed by atoms with Crippen LogP contribution in [0.15, 0.2) is 41.7 Å². The van der Waals surface area contributed by atoms with E-state index in [-0.39, 0.29) is 5.56 Å². The number of nitrogens with one attached hydrogen (secondary N) is 1. The SMILES string of the molecule is Cn1cc(-c2cc(=O)[nH]c(-c3ncccn3)n2)cn1. The van der Waals surface area contributed by atoms with E-state index in [1.54, 1.807) is 42.6 Å². The number of aromatic amines is 1. The molecule has 0 aliphatic heterocycles. The Morgan fingerprint density at radius 1 is 1.26 bits per heavy atom. The molecule has 3 rings (SSSR count). The average Bonchev–Trinajstić information content (AvgIpc) is 2.86. The molecule has 0 fully saturated rings. The van der Waals surface area contributed by atoms with Crippen molar-refractivity contribution in [3.05, 3.63) is 47.3 Å². The van der Waals surface area contributed by atoms with Crippen LogP contribution in [0.2, 0.25) is 0 Å². The normalized spacial score (nSPS) is 10.6. The summed E-state index contributed by atoms with van der Waals surface area (Å²) in [7, 11) is 1.80. The monoisotopic (exact) mass is 254 g/mol.